The average Bonchev–Trinajstić information content (AvgIpc) is 2.74. The number of amides is 2. The molecule has 0 aromatic rings. The van der Waals surface area contributed by atoms with Crippen LogP contribution in [0.15, 0.2) is 0 Å². The minimum Gasteiger partial charge on any atom is -0.464 e. The van der Waals surface area contributed by atoms with E-state index in [9.17, 15) is 29.4 Å². The van der Waals surface area contributed by atoms with E-state index in [2.05, 4.69) is 10.6 Å². The molecule has 2 amide bonds. The van der Waals surface area contributed by atoms with Gasteiger partial charge in [0.25, 0.3) is 0 Å². The molecule has 0 heterocycles. The van der Waals surface area contributed by atoms with Gasteiger partial charge in [0, 0.05) is 12.8 Å². The molecule has 1 fully saturated rings. The van der Waals surface area contributed by atoms with Gasteiger partial charge in [-0.15, -0.1) is 0 Å². The third-order valence-electron chi connectivity index (χ3n) is 5.57. The smallest absolute Gasteiger partial charge is 0.331 e. The molecule has 0 aromatic carbocycles. The van der Waals surface area contributed by atoms with Crippen molar-refractivity contribution in [3.8, 4) is 0 Å². The molecule has 1 aliphatic carbocycles. The largest absolute Gasteiger partial charge is 0.464 e. The van der Waals surface area contributed by atoms with Crippen molar-refractivity contribution in [2.45, 2.75) is 83.7 Å². The SMILES string of the molecule is CCCCOC(=O)[C@@H](CO)NC(=O)CC1(CC(=O)N[C@H](CO)C(=O)OCCCC)CCC1. The van der Waals surface area contributed by atoms with Gasteiger partial charge in [-0.1, -0.05) is 33.1 Å². The number of hydrogen-bond donors (Lipinski definition) is 4. The van der Waals surface area contributed by atoms with Gasteiger partial charge in [-0.3, -0.25) is 9.59 Å². The van der Waals surface area contributed by atoms with E-state index >= 15 is 0 Å². The third-order valence-corrected chi connectivity index (χ3v) is 5.57. The molecule has 0 saturated heterocycles. The Bertz CT molecular complexity index is 573. The fourth-order valence-corrected chi connectivity index (χ4v) is 3.46. The molecule has 0 aliphatic heterocycles. The molecule has 4 N–H and O–H groups in total. The number of carbonyl (C=O) groups excluding carboxylic acids is 4. The van der Waals surface area contributed by atoms with E-state index in [1.165, 1.54) is 0 Å². The maximum absolute atomic E-state index is 12.5. The van der Waals surface area contributed by atoms with Crippen molar-refractivity contribution in [1.29, 1.82) is 0 Å². The zero-order valence-corrected chi connectivity index (χ0v) is 19.2. The molecule has 0 bridgehead atoms. The number of esters is 2. The number of nitrogens with one attached hydrogen (secondary N) is 2. The molecule has 1 aliphatic rings. The van der Waals surface area contributed by atoms with E-state index in [0.29, 0.717) is 25.7 Å². The molecule has 184 valence electrons. The van der Waals surface area contributed by atoms with Crippen LogP contribution in [-0.2, 0) is 28.7 Å². The summed E-state index contributed by atoms with van der Waals surface area (Å²) in [4.78, 5) is 49.0. The maximum atomic E-state index is 12.5. The number of rotatable bonds is 16. The normalized spacial score (nSPS) is 16.2. The Labute approximate surface area is 189 Å². The summed E-state index contributed by atoms with van der Waals surface area (Å²) < 4.78 is 10.1. The molecule has 10 heteroatoms. The summed E-state index contributed by atoms with van der Waals surface area (Å²) >= 11 is 0. The van der Waals surface area contributed by atoms with Crippen LogP contribution in [0.25, 0.3) is 0 Å². The van der Waals surface area contributed by atoms with Gasteiger partial charge < -0.3 is 30.3 Å². The summed E-state index contributed by atoms with van der Waals surface area (Å²) in [6.07, 6.45) is 5.23. The fraction of sp³-hybridized carbons (Fsp3) is 0.818. The molecule has 0 radical (unpaired) electrons. The molecule has 1 saturated carbocycles. The van der Waals surface area contributed by atoms with Crippen molar-refractivity contribution >= 4 is 23.8 Å². The molecule has 0 spiro atoms. The fourth-order valence-electron chi connectivity index (χ4n) is 3.46. The molecule has 1 rings (SSSR count). The van der Waals surface area contributed by atoms with Crippen LogP contribution in [0, 0.1) is 5.41 Å². The quantitative estimate of drug-likeness (QED) is 0.194. The predicted molar refractivity (Wildman–Crippen MR) is 115 cm³/mol. The van der Waals surface area contributed by atoms with Gasteiger partial charge in [0.1, 0.15) is 0 Å². The van der Waals surface area contributed by atoms with Crippen LogP contribution in [-0.4, -0.2) is 72.5 Å². The molecular weight excluding hydrogens is 420 g/mol. The topological polar surface area (TPSA) is 151 Å². The van der Waals surface area contributed by atoms with Crippen molar-refractivity contribution in [1.82, 2.24) is 10.6 Å². The second-order valence-electron chi connectivity index (χ2n) is 8.35. The van der Waals surface area contributed by atoms with E-state index in [4.69, 9.17) is 9.47 Å². The highest BCUT2D eigenvalue weighted by Crippen LogP contribution is 2.46. The first-order chi connectivity index (χ1) is 15.3. The van der Waals surface area contributed by atoms with Crippen molar-refractivity contribution < 1.29 is 38.9 Å². The van der Waals surface area contributed by atoms with E-state index in [1.807, 2.05) is 13.8 Å². The Hall–Kier alpha value is -2.20. The second kappa shape index (κ2) is 14.8. The summed E-state index contributed by atoms with van der Waals surface area (Å²) in [5.41, 5.74) is -0.591. The first-order valence-corrected chi connectivity index (χ1v) is 11.4. The van der Waals surface area contributed by atoms with E-state index in [1.54, 1.807) is 0 Å². The van der Waals surface area contributed by atoms with E-state index < -0.39 is 54.5 Å². The van der Waals surface area contributed by atoms with Gasteiger partial charge in [0.2, 0.25) is 11.8 Å². The molecule has 0 aromatic heterocycles. The Balaban J connectivity index is 2.57. The number of aliphatic hydroxyl groups is 2. The summed E-state index contributed by atoms with van der Waals surface area (Å²) in [7, 11) is 0. The molecule has 0 unspecified atom stereocenters. The highest BCUT2D eigenvalue weighted by atomic mass is 16.5. The van der Waals surface area contributed by atoms with Gasteiger partial charge in [-0.2, -0.15) is 0 Å². The van der Waals surface area contributed by atoms with Gasteiger partial charge in [0.05, 0.1) is 26.4 Å². The van der Waals surface area contributed by atoms with Crippen molar-refractivity contribution in [2.75, 3.05) is 26.4 Å². The molecule has 10 nitrogen and oxygen atoms in total. The van der Waals surface area contributed by atoms with Gasteiger partial charge in [-0.25, -0.2) is 9.59 Å². The predicted octanol–water partition coefficient (Wildman–Crippen LogP) is 0.578. The highest BCUT2D eigenvalue weighted by molar-refractivity contribution is 5.87. The third kappa shape index (κ3) is 9.52. The monoisotopic (exact) mass is 458 g/mol. The van der Waals surface area contributed by atoms with E-state index in [0.717, 1.165) is 19.3 Å². The van der Waals surface area contributed by atoms with E-state index in [-0.39, 0.29) is 26.1 Å². The van der Waals surface area contributed by atoms with Crippen LogP contribution in [0.2, 0.25) is 0 Å². The zero-order valence-electron chi connectivity index (χ0n) is 19.2. The summed E-state index contributed by atoms with van der Waals surface area (Å²) in [5, 5.41) is 23.8. The van der Waals surface area contributed by atoms with Crippen LogP contribution >= 0.6 is 0 Å². The van der Waals surface area contributed by atoms with Crippen LogP contribution in [0.3, 0.4) is 0 Å². The van der Waals surface area contributed by atoms with Gasteiger partial charge in [0.15, 0.2) is 12.1 Å². The first kappa shape index (κ1) is 27.8. The van der Waals surface area contributed by atoms with Crippen molar-refractivity contribution in [3.05, 3.63) is 0 Å². The molecule has 32 heavy (non-hydrogen) atoms. The Morgan fingerprint density at radius 1 is 0.812 bits per heavy atom. The standard InChI is InChI=1S/C22H38N2O8/c1-3-5-10-31-20(29)16(14-25)23-18(27)12-22(8-7-9-22)13-19(28)24-17(15-26)21(30)32-11-6-4-2/h16-17,25-26H,3-15H2,1-2H3,(H,23,27)(H,24,28)/t16-,17-/m1/s1. The Kier molecular flexibility index (Phi) is 12.9. The summed E-state index contributed by atoms with van der Waals surface area (Å²) in [6, 6.07) is -2.30. The van der Waals surface area contributed by atoms with Crippen molar-refractivity contribution in [3.63, 3.8) is 0 Å². The lowest BCUT2D eigenvalue weighted by Crippen LogP contribution is -2.49. The highest BCUT2D eigenvalue weighted by Gasteiger charge is 2.41. The number of aliphatic hydroxyl groups excluding tert-OH is 2. The zero-order chi connectivity index (χ0) is 24.0. The van der Waals surface area contributed by atoms with Gasteiger partial charge in [-0.05, 0) is 31.1 Å². The number of hydrogen-bond acceptors (Lipinski definition) is 8. The second-order valence-corrected chi connectivity index (χ2v) is 8.35. The molecule has 2 atom stereocenters. The minimum absolute atomic E-state index is 0.00387. The number of carbonyl (C=O) groups is 4. The number of ether oxygens (including phenoxy) is 2. The lowest BCUT2D eigenvalue weighted by Gasteiger charge is -2.41. The number of unbranched alkanes of at least 4 members (excludes halogenated alkanes) is 2. The first-order valence-electron chi connectivity index (χ1n) is 11.4. The van der Waals surface area contributed by atoms with Crippen LogP contribution in [0.4, 0.5) is 0 Å². The van der Waals surface area contributed by atoms with Gasteiger partial charge >= 0.3 is 11.9 Å². The average molecular weight is 459 g/mol. The van der Waals surface area contributed by atoms with Crippen LogP contribution in [0.5, 0.6) is 0 Å². The maximum Gasteiger partial charge on any atom is 0.331 e. The van der Waals surface area contributed by atoms with Crippen LogP contribution < -0.4 is 10.6 Å². The Morgan fingerprint density at radius 3 is 1.50 bits per heavy atom. The lowest BCUT2D eigenvalue weighted by molar-refractivity contribution is -0.150. The minimum atomic E-state index is -1.15. The summed E-state index contributed by atoms with van der Waals surface area (Å²) in [6.45, 7) is 3.18. The lowest BCUT2D eigenvalue weighted by atomic mass is 9.64. The summed E-state index contributed by atoms with van der Waals surface area (Å²) in [5.74, 6) is -2.30. The van der Waals surface area contributed by atoms with Crippen molar-refractivity contribution in [2.24, 2.45) is 5.41 Å². The van der Waals surface area contributed by atoms with Crippen LogP contribution in [0.1, 0.15) is 71.6 Å². The molecular formula is C22H38N2O8. The Morgan fingerprint density at radius 2 is 1.22 bits per heavy atom.